The topological polar surface area (TPSA) is 69.6 Å². The van der Waals surface area contributed by atoms with Crippen molar-refractivity contribution in [1.82, 2.24) is 24.5 Å². The summed E-state index contributed by atoms with van der Waals surface area (Å²) < 4.78 is 8.57. The smallest absolute Gasteiger partial charge is 0.182 e. The number of hydrogen-bond donors (Lipinski definition) is 0. The van der Waals surface area contributed by atoms with Crippen molar-refractivity contribution >= 4 is 54.5 Å². The molecule has 4 aromatic heterocycles. The Balaban J connectivity index is 1.04. The quantitative estimate of drug-likeness (QED) is 0.180. The zero-order chi connectivity index (χ0) is 35.6. The second-order valence-electron chi connectivity index (χ2n) is 13.5. The van der Waals surface area contributed by atoms with Crippen LogP contribution in [0.2, 0.25) is 0 Å². The molecule has 11 rings (SSSR count). The highest BCUT2D eigenvalue weighted by molar-refractivity contribution is 6.13. The molecule has 0 aliphatic rings. The molecule has 0 bridgehead atoms. The van der Waals surface area contributed by atoms with E-state index in [0.29, 0.717) is 23.2 Å². The van der Waals surface area contributed by atoms with E-state index in [1.807, 2.05) is 66.9 Å². The third-order valence-corrected chi connectivity index (χ3v) is 10.3. The van der Waals surface area contributed by atoms with Gasteiger partial charge in [0.25, 0.3) is 0 Å². The van der Waals surface area contributed by atoms with E-state index in [1.165, 1.54) is 32.6 Å². The normalized spacial score (nSPS) is 11.7. The van der Waals surface area contributed by atoms with E-state index in [-0.39, 0.29) is 0 Å². The number of fused-ring (bicyclic) bond motifs is 7. The summed E-state index contributed by atoms with van der Waals surface area (Å²) in [5, 5.41) is 6.92. The number of para-hydroxylation sites is 2. The van der Waals surface area contributed by atoms with Crippen LogP contribution in [-0.4, -0.2) is 24.5 Å². The number of rotatable bonds is 5. The lowest BCUT2D eigenvalue weighted by Crippen LogP contribution is -2.01. The van der Waals surface area contributed by atoms with Crippen LogP contribution >= 0.6 is 0 Å². The molecule has 0 spiro atoms. The number of hydrogen-bond acceptors (Lipinski definition) is 5. The van der Waals surface area contributed by atoms with Crippen molar-refractivity contribution in [3.63, 3.8) is 0 Å². The van der Waals surface area contributed by atoms with Gasteiger partial charge in [0.15, 0.2) is 17.5 Å². The van der Waals surface area contributed by atoms with Crippen molar-refractivity contribution in [2.24, 2.45) is 0 Å². The Hall–Kier alpha value is -7.44. The fraction of sp³-hybridized carbons (Fsp3) is 0. The average molecular weight is 692 g/mol. The highest BCUT2D eigenvalue weighted by Crippen LogP contribution is 2.37. The van der Waals surface area contributed by atoms with Gasteiger partial charge in [0.05, 0.1) is 11.0 Å². The van der Waals surface area contributed by atoms with E-state index in [9.17, 15) is 0 Å². The van der Waals surface area contributed by atoms with E-state index in [1.54, 1.807) is 0 Å². The van der Waals surface area contributed by atoms with Gasteiger partial charge >= 0.3 is 0 Å². The van der Waals surface area contributed by atoms with Gasteiger partial charge in [0.1, 0.15) is 16.9 Å². The van der Waals surface area contributed by atoms with Gasteiger partial charge in [0, 0.05) is 50.6 Å². The molecule has 0 atom stereocenters. The second-order valence-corrected chi connectivity index (χ2v) is 13.5. The summed E-state index contributed by atoms with van der Waals surface area (Å²) in [6.45, 7) is 0. The Morgan fingerprint density at radius 1 is 0.389 bits per heavy atom. The van der Waals surface area contributed by atoms with Gasteiger partial charge in [-0.05, 0) is 64.4 Å². The monoisotopic (exact) mass is 691 g/mol. The summed E-state index contributed by atoms with van der Waals surface area (Å²) in [6, 6.07) is 58.9. The molecule has 0 aliphatic heterocycles. The maximum absolute atomic E-state index is 6.20. The van der Waals surface area contributed by atoms with Crippen molar-refractivity contribution < 1.29 is 4.42 Å². The lowest BCUT2D eigenvalue weighted by atomic mass is 10.0. The molecule has 6 nitrogen and oxygen atoms in total. The Morgan fingerprint density at radius 2 is 1.04 bits per heavy atom. The summed E-state index contributed by atoms with van der Waals surface area (Å²) >= 11 is 0. The molecule has 0 amide bonds. The minimum atomic E-state index is 0.479. The maximum Gasteiger partial charge on any atom is 0.182 e. The summed E-state index contributed by atoms with van der Waals surface area (Å²) in [4.78, 5) is 19.8. The Bertz CT molecular complexity index is 3230. The number of benzene rings is 7. The first-order valence-electron chi connectivity index (χ1n) is 18.0. The molecule has 6 heteroatoms. The minimum Gasteiger partial charge on any atom is -0.456 e. The van der Waals surface area contributed by atoms with Gasteiger partial charge < -0.3 is 8.98 Å². The third kappa shape index (κ3) is 4.96. The van der Waals surface area contributed by atoms with E-state index < -0.39 is 0 Å². The molecule has 11 aromatic rings. The van der Waals surface area contributed by atoms with Crippen molar-refractivity contribution in [2.75, 3.05) is 0 Å². The zero-order valence-electron chi connectivity index (χ0n) is 28.9. The standard InChI is InChI=1S/C48H29N5O/c1-2-12-30(13-3-1)46-50-47(52-48(51-46)41-28-45-40(29-49-41)38-21-7-9-23-44(38)54-45)35-18-10-16-31(24-35)32-17-11-19-36(25-32)53-42-22-8-6-20-37(42)39-26-33-14-4-5-15-34(33)27-43(39)53/h1-29H. The summed E-state index contributed by atoms with van der Waals surface area (Å²) in [5.74, 6) is 1.62. The molecule has 4 heterocycles. The van der Waals surface area contributed by atoms with E-state index >= 15 is 0 Å². The predicted octanol–water partition coefficient (Wildman–Crippen LogP) is 12.1. The summed E-state index contributed by atoms with van der Waals surface area (Å²) in [7, 11) is 0. The molecule has 54 heavy (non-hydrogen) atoms. The number of pyridine rings is 1. The minimum absolute atomic E-state index is 0.479. The van der Waals surface area contributed by atoms with Crippen LogP contribution in [0, 0.1) is 0 Å². The van der Waals surface area contributed by atoms with Crippen molar-refractivity contribution in [2.45, 2.75) is 0 Å². The predicted molar refractivity (Wildman–Crippen MR) is 218 cm³/mol. The molecular formula is C48H29N5O. The molecule has 0 aliphatic carbocycles. The van der Waals surface area contributed by atoms with Gasteiger partial charge in [-0.3, -0.25) is 4.98 Å². The number of aromatic nitrogens is 5. The molecule has 0 fully saturated rings. The van der Waals surface area contributed by atoms with Gasteiger partial charge in [0.2, 0.25) is 0 Å². The van der Waals surface area contributed by atoms with Gasteiger partial charge in [-0.15, -0.1) is 0 Å². The Kier molecular flexibility index (Phi) is 6.75. The van der Waals surface area contributed by atoms with Gasteiger partial charge in [-0.25, -0.2) is 15.0 Å². The van der Waals surface area contributed by atoms with Crippen LogP contribution in [0.15, 0.2) is 180 Å². The first kappa shape index (κ1) is 30.2. The summed E-state index contributed by atoms with van der Waals surface area (Å²) in [5.41, 5.74) is 9.56. The molecule has 0 saturated carbocycles. The molecule has 0 saturated heterocycles. The Morgan fingerprint density at radius 3 is 1.91 bits per heavy atom. The zero-order valence-corrected chi connectivity index (χ0v) is 28.9. The van der Waals surface area contributed by atoms with Crippen LogP contribution in [0.5, 0.6) is 0 Å². The van der Waals surface area contributed by atoms with Gasteiger partial charge in [-0.2, -0.15) is 0 Å². The highest BCUT2D eigenvalue weighted by atomic mass is 16.3. The first-order valence-corrected chi connectivity index (χ1v) is 18.0. The fourth-order valence-electron chi connectivity index (χ4n) is 7.67. The van der Waals surface area contributed by atoms with E-state index in [4.69, 9.17) is 24.4 Å². The number of nitrogens with zero attached hydrogens (tertiary/aromatic N) is 5. The van der Waals surface area contributed by atoms with Crippen molar-refractivity contribution in [3.05, 3.63) is 176 Å². The van der Waals surface area contributed by atoms with Crippen LogP contribution in [0.25, 0.3) is 106 Å². The number of furan rings is 1. The molecular weight excluding hydrogens is 663 g/mol. The molecule has 0 N–H and O–H groups in total. The van der Waals surface area contributed by atoms with Crippen LogP contribution in [-0.2, 0) is 0 Å². The third-order valence-electron chi connectivity index (χ3n) is 10.3. The largest absolute Gasteiger partial charge is 0.456 e. The SMILES string of the molecule is c1ccc(-c2nc(-c3cccc(-c4cccc(-n5c6ccccc6c6cc7ccccc7cc65)c4)c3)nc(-c3cc4oc5ccccc5c4cn3)n2)cc1. The van der Waals surface area contributed by atoms with E-state index in [2.05, 4.69) is 114 Å². The molecule has 7 aromatic carbocycles. The Labute approximate surface area is 309 Å². The average Bonchev–Trinajstić information content (AvgIpc) is 3.78. The van der Waals surface area contributed by atoms with Crippen LogP contribution in [0.4, 0.5) is 0 Å². The highest BCUT2D eigenvalue weighted by Gasteiger charge is 2.17. The second kappa shape index (κ2) is 12.1. The molecule has 0 unspecified atom stereocenters. The molecule has 0 radical (unpaired) electrons. The van der Waals surface area contributed by atoms with Crippen molar-refractivity contribution in [3.8, 4) is 51.1 Å². The first-order chi connectivity index (χ1) is 26.7. The van der Waals surface area contributed by atoms with Gasteiger partial charge in [-0.1, -0.05) is 121 Å². The van der Waals surface area contributed by atoms with Crippen molar-refractivity contribution in [1.29, 1.82) is 0 Å². The lowest BCUT2D eigenvalue weighted by Gasteiger charge is -2.12. The maximum atomic E-state index is 6.20. The summed E-state index contributed by atoms with van der Waals surface area (Å²) in [6.07, 6.45) is 1.84. The van der Waals surface area contributed by atoms with Crippen LogP contribution < -0.4 is 0 Å². The fourth-order valence-corrected chi connectivity index (χ4v) is 7.67. The molecule has 252 valence electrons. The van der Waals surface area contributed by atoms with Crippen LogP contribution in [0.1, 0.15) is 0 Å². The van der Waals surface area contributed by atoms with E-state index in [0.717, 1.165) is 49.9 Å². The lowest BCUT2D eigenvalue weighted by molar-refractivity contribution is 0.668. The van der Waals surface area contributed by atoms with Crippen LogP contribution in [0.3, 0.4) is 0 Å².